The van der Waals surface area contributed by atoms with Crippen molar-refractivity contribution in [3.63, 3.8) is 0 Å². The van der Waals surface area contributed by atoms with Crippen LogP contribution in [0.1, 0.15) is 16.7 Å². The third-order valence-corrected chi connectivity index (χ3v) is 3.00. The summed E-state index contributed by atoms with van der Waals surface area (Å²) in [5.74, 6) is 0.389. The first-order valence-electron chi connectivity index (χ1n) is 5.94. The second kappa shape index (κ2) is 5.44. The second-order valence-corrected chi connectivity index (χ2v) is 4.45. The van der Waals surface area contributed by atoms with Crippen molar-refractivity contribution < 1.29 is 9.53 Å². The van der Waals surface area contributed by atoms with Crippen LogP contribution in [0.4, 0.5) is 11.4 Å². The Labute approximate surface area is 112 Å². The number of ether oxygens (including phenoxy) is 1. The first kappa shape index (κ1) is 13.0. The van der Waals surface area contributed by atoms with Gasteiger partial charge in [-0.25, -0.2) is 0 Å². The number of carbonyl (C=O) groups is 1. The minimum absolute atomic E-state index is 0.378. The Kier molecular flexibility index (Phi) is 3.71. The predicted molar refractivity (Wildman–Crippen MR) is 75.9 cm³/mol. The summed E-state index contributed by atoms with van der Waals surface area (Å²) in [6.07, 6.45) is 0.733. The van der Waals surface area contributed by atoms with Gasteiger partial charge in [0.25, 0.3) is 6.47 Å². The largest absolute Gasteiger partial charge is 0.427 e. The zero-order chi connectivity index (χ0) is 13.8. The summed E-state index contributed by atoms with van der Waals surface area (Å²) in [4.78, 5) is 10.4. The van der Waals surface area contributed by atoms with Gasteiger partial charge in [0.2, 0.25) is 0 Å². The van der Waals surface area contributed by atoms with Crippen LogP contribution in [0.2, 0.25) is 0 Å². The molecule has 98 valence electrons. The molecular formula is C15H16N2O2. The highest BCUT2D eigenvalue weighted by Gasteiger charge is 2.04. The molecule has 0 saturated heterocycles. The van der Waals surface area contributed by atoms with Crippen molar-refractivity contribution in [2.24, 2.45) is 0 Å². The molecule has 2 rings (SSSR count). The van der Waals surface area contributed by atoms with Gasteiger partial charge < -0.3 is 16.2 Å². The topological polar surface area (TPSA) is 78.3 Å². The molecule has 2 aromatic carbocycles. The van der Waals surface area contributed by atoms with Gasteiger partial charge in [0.1, 0.15) is 0 Å². The van der Waals surface area contributed by atoms with Crippen molar-refractivity contribution in [1.82, 2.24) is 0 Å². The van der Waals surface area contributed by atoms with Gasteiger partial charge in [-0.3, -0.25) is 4.79 Å². The molecule has 0 aromatic heterocycles. The van der Waals surface area contributed by atoms with E-state index in [1.165, 1.54) is 0 Å². The second-order valence-electron chi connectivity index (χ2n) is 4.45. The van der Waals surface area contributed by atoms with E-state index in [1.54, 1.807) is 12.1 Å². The molecule has 2 aromatic rings. The minimum Gasteiger partial charge on any atom is -0.427 e. The fourth-order valence-corrected chi connectivity index (χ4v) is 1.93. The van der Waals surface area contributed by atoms with Crippen LogP contribution in [0.25, 0.3) is 0 Å². The first-order valence-corrected chi connectivity index (χ1v) is 5.94. The summed E-state index contributed by atoms with van der Waals surface area (Å²) in [5, 5.41) is 0. The van der Waals surface area contributed by atoms with Crippen molar-refractivity contribution in [2.45, 2.75) is 13.3 Å². The van der Waals surface area contributed by atoms with E-state index in [2.05, 4.69) is 0 Å². The van der Waals surface area contributed by atoms with Gasteiger partial charge in [0.15, 0.2) is 5.75 Å². The lowest BCUT2D eigenvalue weighted by molar-refractivity contribution is -0.120. The van der Waals surface area contributed by atoms with Crippen molar-refractivity contribution in [1.29, 1.82) is 0 Å². The average Bonchev–Trinajstić information content (AvgIpc) is 2.38. The monoisotopic (exact) mass is 256 g/mol. The SMILES string of the molecule is Cc1cc(Cc2ccc(N)c(OC=O)c2)ccc1N. The average molecular weight is 256 g/mol. The molecule has 0 amide bonds. The first-order chi connectivity index (χ1) is 9.10. The van der Waals surface area contributed by atoms with Gasteiger partial charge in [-0.05, 0) is 48.2 Å². The normalized spacial score (nSPS) is 10.2. The number of hydrogen-bond acceptors (Lipinski definition) is 4. The summed E-state index contributed by atoms with van der Waals surface area (Å²) < 4.78 is 4.83. The van der Waals surface area contributed by atoms with Gasteiger partial charge in [0.05, 0.1) is 5.69 Å². The fraction of sp³-hybridized carbons (Fsp3) is 0.133. The molecule has 0 aliphatic rings. The third-order valence-electron chi connectivity index (χ3n) is 3.00. The molecule has 4 N–H and O–H groups in total. The number of nitrogens with two attached hydrogens (primary N) is 2. The van der Waals surface area contributed by atoms with Crippen molar-refractivity contribution >= 4 is 17.8 Å². The van der Waals surface area contributed by atoms with Crippen LogP contribution >= 0.6 is 0 Å². The van der Waals surface area contributed by atoms with E-state index in [0.717, 1.165) is 28.8 Å². The van der Waals surface area contributed by atoms with E-state index in [-0.39, 0.29) is 0 Å². The van der Waals surface area contributed by atoms with E-state index in [4.69, 9.17) is 16.2 Å². The number of anilines is 2. The summed E-state index contributed by atoms with van der Waals surface area (Å²) in [6, 6.07) is 11.3. The molecule has 4 nitrogen and oxygen atoms in total. The lowest BCUT2D eigenvalue weighted by Gasteiger charge is -2.08. The van der Waals surface area contributed by atoms with Gasteiger partial charge in [0, 0.05) is 5.69 Å². The molecule has 0 unspecified atom stereocenters. The third kappa shape index (κ3) is 3.04. The zero-order valence-corrected chi connectivity index (χ0v) is 10.7. The molecule has 19 heavy (non-hydrogen) atoms. The Morgan fingerprint density at radius 1 is 1.05 bits per heavy atom. The maximum Gasteiger partial charge on any atom is 0.298 e. The van der Waals surface area contributed by atoms with E-state index >= 15 is 0 Å². The Bertz CT molecular complexity index is 609. The summed E-state index contributed by atoms with van der Waals surface area (Å²) in [6.45, 7) is 2.35. The molecule has 0 fully saturated rings. The maximum atomic E-state index is 10.4. The van der Waals surface area contributed by atoms with Crippen molar-refractivity contribution in [3.05, 3.63) is 53.1 Å². The van der Waals surface area contributed by atoms with Gasteiger partial charge in [-0.2, -0.15) is 0 Å². The molecule has 0 heterocycles. The molecule has 0 atom stereocenters. The zero-order valence-electron chi connectivity index (χ0n) is 10.7. The quantitative estimate of drug-likeness (QED) is 0.649. The van der Waals surface area contributed by atoms with Crippen molar-refractivity contribution in [2.75, 3.05) is 11.5 Å². The highest BCUT2D eigenvalue weighted by atomic mass is 16.5. The molecule has 0 aliphatic carbocycles. The van der Waals surface area contributed by atoms with Gasteiger partial charge >= 0.3 is 0 Å². The Balaban J connectivity index is 2.25. The van der Waals surface area contributed by atoms with Crippen LogP contribution in [0.5, 0.6) is 5.75 Å². The van der Waals surface area contributed by atoms with E-state index in [0.29, 0.717) is 17.9 Å². The minimum atomic E-state index is 0.378. The number of nitrogen functional groups attached to an aromatic ring is 2. The van der Waals surface area contributed by atoms with E-state index in [9.17, 15) is 4.79 Å². The molecule has 4 heteroatoms. The maximum absolute atomic E-state index is 10.4. The number of rotatable bonds is 4. The smallest absolute Gasteiger partial charge is 0.298 e. The highest BCUT2D eigenvalue weighted by Crippen LogP contribution is 2.24. The lowest BCUT2D eigenvalue weighted by Crippen LogP contribution is -1.98. The number of hydrogen-bond donors (Lipinski definition) is 2. The molecule has 0 spiro atoms. The lowest BCUT2D eigenvalue weighted by atomic mass is 10.0. The van der Waals surface area contributed by atoms with Crippen LogP contribution < -0.4 is 16.2 Å². The predicted octanol–water partition coefficient (Wildman–Crippen LogP) is 2.29. The van der Waals surface area contributed by atoms with Crippen LogP contribution in [-0.4, -0.2) is 6.47 Å². The summed E-state index contributed by atoms with van der Waals surface area (Å²) in [5.41, 5.74) is 16.0. The van der Waals surface area contributed by atoms with Gasteiger partial charge in [-0.15, -0.1) is 0 Å². The number of carbonyl (C=O) groups excluding carboxylic acids is 1. The molecule has 0 saturated carbocycles. The Hall–Kier alpha value is -2.49. The molecule has 0 aliphatic heterocycles. The van der Waals surface area contributed by atoms with Crippen LogP contribution in [0, 0.1) is 6.92 Å². The van der Waals surface area contributed by atoms with Gasteiger partial charge in [-0.1, -0.05) is 18.2 Å². The van der Waals surface area contributed by atoms with Crippen molar-refractivity contribution in [3.8, 4) is 5.75 Å². The molecule has 0 bridgehead atoms. The van der Waals surface area contributed by atoms with E-state index in [1.807, 2.05) is 31.2 Å². The summed E-state index contributed by atoms with van der Waals surface area (Å²) >= 11 is 0. The Morgan fingerprint density at radius 3 is 2.32 bits per heavy atom. The van der Waals surface area contributed by atoms with Crippen LogP contribution in [0.15, 0.2) is 36.4 Å². The Morgan fingerprint density at radius 2 is 1.68 bits per heavy atom. The molecule has 0 radical (unpaired) electrons. The fourth-order valence-electron chi connectivity index (χ4n) is 1.93. The summed E-state index contributed by atoms with van der Waals surface area (Å²) in [7, 11) is 0. The molecular weight excluding hydrogens is 240 g/mol. The number of aryl methyl sites for hydroxylation is 1. The standard InChI is InChI=1S/C15H16N2O2/c1-10-6-11(2-4-13(10)16)7-12-3-5-14(17)15(8-12)19-9-18/h2-6,8-9H,7,16-17H2,1H3. The van der Waals surface area contributed by atoms with E-state index < -0.39 is 0 Å². The van der Waals surface area contributed by atoms with Crippen LogP contribution in [-0.2, 0) is 11.2 Å². The van der Waals surface area contributed by atoms with Crippen LogP contribution in [0.3, 0.4) is 0 Å². The number of benzene rings is 2. The highest BCUT2D eigenvalue weighted by molar-refractivity contribution is 5.59.